The van der Waals surface area contributed by atoms with Gasteiger partial charge in [-0.15, -0.1) is 11.6 Å². The van der Waals surface area contributed by atoms with Crippen molar-refractivity contribution in [3.05, 3.63) is 0 Å². The Bertz CT molecular complexity index is 442. The highest BCUT2D eigenvalue weighted by molar-refractivity contribution is 7.91. The molecule has 2 aliphatic rings. The molecule has 8 heteroatoms. The number of halogens is 1. The van der Waals surface area contributed by atoms with Gasteiger partial charge in [-0.2, -0.15) is 0 Å². The van der Waals surface area contributed by atoms with E-state index in [0.29, 0.717) is 6.54 Å². The third-order valence-corrected chi connectivity index (χ3v) is 5.91. The van der Waals surface area contributed by atoms with Crippen LogP contribution in [0.4, 0.5) is 0 Å². The van der Waals surface area contributed by atoms with E-state index in [9.17, 15) is 13.2 Å². The van der Waals surface area contributed by atoms with Crippen LogP contribution < -0.4 is 11.1 Å². The number of nitrogens with two attached hydrogens (primary N) is 1. The predicted molar refractivity (Wildman–Crippen MR) is 73.9 cm³/mol. The Balaban J connectivity index is 1.81. The van der Waals surface area contributed by atoms with Crippen LogP contribution in [-0.2, 0) is 14.6 Å². The van der Waals surface area contributed by atoms with E-state index >= 15 is 0 Å². The van der Waals surface area contributed by atoms with Gasteiger partial charge in [-0.25, -0.2) is 8.42 Å². The smallest absolute Gasteiger partial charge is 0.234 e. The second-order valence-electron chi connectivity index (χ2n) is 5.40. The first-order valence-electron chi connectivity index (χ1n) is 6.47. The van der Waals surface area contributed by atoms with Crippen LogP contribution in [0.5, 0.6) is 0 Å². The Morgan fingerprint density at radius 3 is 2.74 bits per heavy atom. The van der Waals surface area contributed by atoms with E-state index < -0.39 is 21.3 Å². The zero-order chi connectivity index (χ0) is 14.0. The minimum atomic E-state index is -3.11. The molecule has 0 aliphatic carbocycles. The molecule has 0 aromatic rings. The summed E-state index contributed by atoms with van der Waals surface area (Å²) in [5.41, 5.74) is 5.85. The lowest BCUT2D eigenvalue weighted by Gasteiger charge is -2.30. The number of hydrogen-bond donors (Lipinski definition) is 2. The largest absolute Gasteiger partial charge is 0.350 e. The maximum atomic E-state index is 11.9. The summed E-state index contributed by atoms with van der Waals surface area (Å²) in [7, 11) is -3.11. The molecular formula is C11H20ClN3O3S. The first kappa shape index (κ1) is 15.0. The number of amides is 1. The van der Waals surface area contributed by atoms with Crippen LogP contribution in [-0.4, -0.2) is 67.8 Å². The van der Waals surface area contributed by atoms with Gasteiger partial charge in [0.15, 0.2) is 9.84 Å². The number of piperidine rings is 1. The summed E-state index contributed by atoms with van der Waals surface area (Å²) in [6, 6.07) is -0.355. The van der Waals surface area contributed by atoms with Crippen LogP contribution in [0.3, 0.4) is 0 Å². The van der Waals surface area contributed by atoms with Gasteiger partial charge in [0.1, 0.15) is 0 Å². The number of alkyl halides is 1. The van der Waals surface area contributed by atoms with Crippen molar-refractivity contribution in [3.63, 3.8) is 0 Å². The first-order chi connectivity index (χ1) is 8.85. The lowest BCUT2D eigenvalue weighted by molar-refractivity contribution is -0.123. The molecule has 0 spiro atoms. The van der Waals surface area contributed by atoms with Crippen LogP contribution in [0, 0.1) is 0 Å². The van der Waals surface area contributed by atoms with Crippen molar-refractivity contribution >= 4 is 27.3 Å². The Hall–Kier alpha value is -0.370. The molecule has 0 saturated carbocycles. The summed E-state index contributed by atoms with van der Waals surface area (Å²) < 4.78 is 22.8. The monoisotopic (exact) mass is 309 g/mol. The molecule has 6 nitrogen and oxygen atoms in total. The van der Waals surface area contributed by atoms with E-state index in [4.69, 9.17) is 17.3 Å². The Kier molecular flexibility index (Phi) is 4.70. The third kappa shape index (κ3) is 4.30. The van der Waals surface area contributed by atoms with Gasteiger partial charge in [0, 0.05) is 12.6 Å². The lowest BCUT2D eigenvalue weighted by Crippen LogP contribution is -2.49. The summed E-state index contributed by atoms with van der Waals surface area (Å²) >= 11 is 5.95. The Morgan fingerprint density at radius 2 is 2.16 bits per heavy atom. The molecule has 0 radical (unpaired) electrons. The maximum Gasteiger partial charge on any atom is 0.234 e. The van der Waals surface area contributed by atoms with Gasteiger partial charge in [-0.1, -0.05) is 0 Å². The van der Waals surface area contributed by atoms with Crippen LogP contribution in [0.15, 0.2) is 0 Å². The van der Waals surface area contributed by atoms with Crippen molar-refractivity contribution in [1.29, 1.82) is 0 Å². The number of carbonyl (C=O) groups excluding carboxylic acids is 1. The van der Waals surface area contributed by atoms with Gasteiger partial charge in [0.25, 0.3) is 0 Å². The fraction of sp³-hybridized carbons (Fsp3) is 0.909. The SMILES string of the molecule is N[C@@H]1CCCN(CC(=O)NC2CS(=O)(=O)CC2Cl)C1. The highest BCUT2D eigenvalue weighted by atomic mass is 35.5. The van der Waals surface area contributed by atoms with Gasteiger partial charge in [-0.3, -0.25) is 9.69 Å². The summed E-state index contributed by atoms with van der Waals surface area (Å²) in [6.07, 6.45) is 1.98. The van der Waals surface area contributed by atoms with Crippen molar-refractivity contribution in [3.8, 4) is 0 Å². The Morgan fingerprint density at radius 1 is 1.42 bits per heavy atom. The minimum absolute atomic E-state index is 0.0614. The molecule has 1 amide bonds. The van der Waals surface area contributed by atoms with Crippen LogP contribution in [0.25, 0.3) is 0 Å². The average molecular weight is 310 g/mol. The second-order valence-corrected chi connectivity index (χ2v) is 8.12. The fourth-order valence-electron chi connectivity index (χ4n) is 2.63. The molecular weight excluding hydrogens is 290 g/mol. The van der Waals surface area contributed by atoms with Gasteiger partial charge < -0.3 is 11.1 Å². The van der Waals surface area contributed by atoms with E-state index in [1.807, 2.05) is 4.90 Å². The third-order valence-electron chi connectivity index (χ3n) is 3.54. The topological polar surface area (TPSA) is 92.5 Å². The van der Waals surface area contributed by atoms with E-state index in [-0.39, 0.29) is 30.0 Å². The summed E-state index contributed by atoms with van der Waals surface area (Å²) in [4.78, 5) is 13.9. The molecule has 3 N–H and O–H groups in total. The van der Waals surface area contributed by atoms with Crippen molar-refractivity contribution in [2.45, 2.75) is 30.3 Å². The van der Waals surface area contributed by atoms with Gasteiger partial charge in [0.05, 0.1) is 29.5 Å². The Labute approximate surface area is 118 Å². The molecule has 110 valence electrons. The van der Waals surface area contributed by atoms with Crippen molar-refractivity contribution in [1.82, 2.24) is 10.2 Å². The first-order valence-corrected chi connectivity index (χ1v) is 8.73. The normalized spacial score (nSPS) is 35.2. The highest BCUT2D eigenvalue weighted by Crippen LogP contribution is 2.18. The van der Waals surface area contributed by atoms with Crippen molar-refractivity contribution < 1.29 is 13.2 Å². The molecule has 0 bridgehead atoms. The summed E-state index contributed by atoms with van der Waals surface area (Å²) in [5, 5.41) is 2.18. The minimum Gasteiger partial charge on any atom is -0.350 e. The van der Waals surface area contributed by atoms with Crippen LogP contribution in [0.2, 0.25) is 0 Å². The molecule has 2 unspecified atom stereocenters. The zero-order valence-electron chi connectivity index (χ0n) is 10.7. The quantitative estimate of drug-likeness (QED) is 0.648. The lowest BCUT2D eigenvalue weighted by atomic mass is 10.1. The molecule has 2 rings (SSSR count). The molecule has 0 aromatic heterocycles. The standard InChI is InChI=1S/C11H20ClN3O3S/c12-9-6-19(17,18)7-10(9)14-11(16)5-15-3-1-2-8(13)4-15/h8-10H,1-7,13H2,(H,14,16)/t8-,9?,10?/m1/s1. The maximum absolute atomic E-state index is 11.9. The van der Waals surface area contributed by atoms with E-state index in [2.05, 4.69) is 5.32 Å². The van der Waals surface area contributed by atoms with Crippen molar-refractivity contribution in [2.75, 3.05) is 31.1 Å². The molecule has 2 heterocycles. The second kappa shape index (κ2) is 5.95. The van der Waals surface area contributed by atoms with Gasteiger partial charge in [0.2, 0.25) is 5.91 Å². The highest BCUT2D eigenvalue weighted by Gasteiger charge is 2.37. The van der Waals surface area contributed by atoms with E-state index in [1.54, 1.807) is 0 Å². The zero-order valence-corrected chi connectivity index (χ0v) is 12.3. The molecule has 3 atom stereocenters. The van der Waals surface area contributed by atoms with Crippen LogP contribution in [0.1, 0.15) is 12.8 Å². The number of nitrogens with zero attached hydrogens (tertiary/aromatic N) is 1. The summed E-state index contributed by atoms with van der Waals surface area (Å²) in [6.45, 7) is 1.82. The number of likely N-dealkylation sites (tertiary alicyclic amines) is 1. The number of carbonyl (C=O) groups is 1. The molecule has 2 saturated heterocycles. The van der Waals surface area contributed by atoms with Gasteiger partial charge >= 0.3 is 0 Å². The predicted octanol–water partition coefficient (Wildman–Crippen LogP) is -1.07. The number of nitrogens with one attached hydrogen (secondary N) is 1. The van der Waals surface area contributed by atoms with Crippen molar-refractivity contribution in [2.24, 2.45) is 5.73 Å². The number of hydrogen-bond acceptors (Lipinski definition) is 5. The molecule has 2 fully saturated rings. The number of sulfone groups is 1. The van der Waals surface area contributed by atoms with E-state index in [1.165, 1.54) is 0 Å². The number of rotatable bonds is 3. The fourth-order valence-corrected chi connectivity index (χ4v) is 5.18. The van der Waals surface area contributed by atoms with Gasteiger partial charge in [-0.05, 0) is 19.4 Å². The molecule has 0 aromatic carbocycles. The van der Waals surface area contributed by atoms with Crippen LogP contribution >= 0.6 is 11.6 Å². The summed E-state index contributed by atoms with van der Waals surface area (Å²) in [5.74, 6) is -0.303. The van der Waals surface area contributed by atoms with E-state index in [0.717, 1.165) is 19.4 Å². The molecule has 19 heavy (non-hydrogen) atoms. The average Bonchev–Trinajstić information content (AvgIpc) is 2.51. The molecule has 2 aliphatic heterocycles.